The summed E-state index contributed by atoms with van der Waals surface area (Å²) in [5.41, 5.74) is 2.42. The largest absolute Gasteiger partial charge is 0.508 e. The SMILES string of the molecule is C=C(C)[C@@H](CNS(=O)(=O)c1ccc(C)cc1)c1c(O)ccc2cc(Br)ccc12. The van der Waals surface area contributed by atoms with Crippen molar-refractivity contribution in [3.8, 4) is 5.75 Å². The summed E-state index contributed by atoms with van der Waals surface area (Å²) in [7, 11) is -3.67. The van der Waals surface area contributed by atoms with Crippen molar-refractivity contribution < 1.29 is 13.5 Å². The van der Waals surface area contributed by atoms with Gasteiger partial charge in [0.2, 0.25) is 10.0 Å². The molecular weight excluding hydrogens is 438 g/mol. The molecule has 0 aliphatic carbocycles. The van der Waals surface area contributed by atoms with Crippen molar-refractivity contribution in [1.82, 2.24) is 4.72 Å². The highest BCUT2D eigenvalue weighted by atomic mass is 79.9. The Bertz CT molecular complexity index is 1140. The third-order valence-corrected chi connectivity index (χ3v) is 6.69. The van der Waals surface area contributed by atoms with Gasteiger partial charge in [0, 0.05) is 22.5 Å². The van der Waals surface area contributed by atoms with Crippen LogP contribution in [0.3, 0.4) is 0 Å². The lowest BCUT2D eigenvalue weighted by atomic mass is 9.88. The van der Waals surface area contributed by atoms with Crippen molar-refractivity contribution in [2.24, 2.45) is 0 Å². The van der Waals surface area contributed by atoms with Crippen molar-refractivity contribution >= 4 is 36.7 Å². The molecule has 3 aromatic rings. The van der Waals surface area contributed by atoms with Crippen molar-refractivity contribution in [2.45, 2.75) is 24.7 Å². The Hall–Kier alpha value is -2.15. The maximum atomic E-state index is 12.7. The van der Waals surface area contributed by atoms with E-state index in [4.69, 9.17) is 0 Å². The van der Waals surface area contributed by atoms with Gasteiger partial charge >= 0.3 is 0 Å². The van der Waals surface area contributed by atoms with E-state index in [9.17, 15) is 13.5 Å². The van der Waals surface area contributed by atoms with Gasteiger partial charge < -0.3 is 5.11 Å². The van der Waals surface area contributed by atoms with Crippen LogP contribution in [-0.2, 0) is 10.0 Å². The summed E-state index contributed by atoms with van der Waals surface area (Å²) in [6.07, 6.45) is 0. The van der Waals surface area contributed by atoms with Gasteiger partial charge in [-0.05, 0) is 55.0 Å². The van der Waals surface area contributed by atoms with Gasteiger partial charge in [-0.1, -0.05) is 57.9 Å². The number of phenols is 1. The van der Waals surface area contributed by atoms with Gasteiger partial charge in [0.25, 0.3) is 0 Å². The highest BCUT2D eigenvalue weighted by Gasteiger charge is 2.23. The van der Waals surface area contributed by atoms with Gasteiger partial charge in [-0.2, -0.15) is 0 Å². The smallest absolute Gasteiger partial charge is 0.240 e. The molecule has 0 heterocycles. The van der Waals surface area contributed by atoms with Gasteiger partial charge in [-0.3, -0.25) is 0 Å². The Morgan fingerprint density at radius 1 is 1.14 bits per heavy atom. The minimum absolute atomic E-state index is 0.105. The lowest BCUT2D eigenvalue weighted by molar-refractivity contribution is 0.465. The zero-order valence-electron chi connectivity index (χ0n) is 15.7. The molecule has 28 heavy (non-hydrogen) atoms. The molecule has 3 aromatic carbocycles. The van der Waals surface area contributed by atoms with Gasteiger partial charge in [-0.25, -0.2) is 13.1 Å². The third kappa shape index (κ3) is 4.29. The van der Waals surface area contributed by atoms with E-state index < -0.39 is 10.0 Å². The van der Waals surface area contributed by atoms with Gasteiger partial charge in [-0.15, -0.1) is 0 Å². The van der Waals surface area contributed by atoms with Crippen molar-refractivity contribution in [2.75, 3.05) is 6.54 Å². The predicted molar refractivity (Wildman–Crippen MR) is 117 cm³/mol. The second kappa shape index (κ2) is 8.07. The maximum Gasteiger partial charge on any atom is 0.240 e. The monoisotopic (exact) mass is 459 g/mol. The van der Waals surface area contributed by atoms with Crippen LogP contribution in [0.5, 0.6) is 5.75 Å². The first-order chi connectivity index (χ1) is 13.2. The minimum Gasteiger partial charge on any atom is -0.508 e. The number of aryl methyl sites for hydroxylation is 1. The molecule has 3 rings (SSSR count). The Balaban J connectivity index is 1.97. The Morgan fingerprint density at radius 3 is 2.46 bits per heavy atom. The van der Waals surface area contributed by atoms with E-state index in [2.05, 4.69) is 27.2 Å². The average Bonchev–Trinajstić information content (AvgIpc) is 2.63. The lowest BCUT2D eigenvalue weighted by Gasteiger charge is -2.21. The van der Waals surface area contributed by atoms with Gasteiger partial charge in [0.15, 0.2) is 0 Å². The molecule has 0 saturated carbocycles. The van der Waals surface area contributed by atoms with Crippen LogP contribution in [0, 0.1) is 6.92 Å². The van der Waals surface area contributed by atoms with E-state index in [1.165, 1.54) is 0 Å². The molecule has 0 unspecified atom stereocenters. The van der Waals surface area contributed by atoms with Crippen molar-refractivity contribution in [3.63, 3.8) is 0 Å². The quantitative estimate of drug-likeness (QED) is 0.494. The minimum atomic E-state index is -3.67. The standard InChI is InChI=1S/C22H22BrNO3S/c1-14(2)20(13-24-28(26,27)18-8-4-15(3)5-9-18)22-19-10-7-17(23)12-16(19)6-11-21(22)25/h4-12,20,24-25H,1,13H2,2-3H3/t20-/m1/s1. The van der Waals surface area contributed by atoms with E-state index in [0.717, 1.165) is 26.4 Å². The number of phenolic OH excluding ortho intramolecular Hbond substituents is 1. The van der Waals surface area contributed by atoms with E-state index >= 15 is 0 Å². The Labute approximate surface area is 174 Å². The van der Waals surface area contributed by atoms with Crippen LogP contribution < -0.4 is 4.72 Å². The Kier molecular flexibility index (Phi) is 5.93. The zero-order chi connectivity index (χ0) is 20.5. The van der Waals surface area contributed by atoms with Crippen LogP contribution in [0.4, 0.5) is 0 Å². The van der Waals surface area contributed by atoms with E-state index in [1.54, 1.807) is 30.3 Å². The van der Waals surface area contributed by atoms with Gasteiger partial charge in [0.1, 0.15) is 5.75 Å². The zero-order valence-corrected chi connectivity index (χ0v) is 18.1. The van der Waals surface area contributed by atoms with Crippen molar-refractivity contribution in [3.05, 3.63) is 82.3 Å². The van der Waals surface area contributed by atoms with E-state index in [1.807, 2.05) is 38.1 Å². The molecule has 0 radical (unpaired) electrons. The molecule has 2 N–H and O–H groups in total. The second-order valence-electron chi connectivity index (χ2n) is 6.93. The third-order valence-electron chi connectivity index (χ3n) is 4.75. The fourth-order valence-electron chi connectivity index (χ4n) is 3.20. The van der Waals surface area contributed by atoms with Crippen molar-refractivity contribution in [1.29, 1.82) is 0 Å². The van der Waals surface area contributed by atoms with Crippen LogP contribution in [-0.4, -0.2) is 20.1 Å². The molecular formula is C22H22BrNO3S. The molecule has 0 bridgehead atoms. The molecule has 0 aliphatic rings. The summed E-state index contributed by atoms with van der Waals surface area (Å²) in [6.45, 7) is 7.87. The number of hydrogen-bond acceptors (Lipinski definition) is 3. The number of benzene rings is 3. The van der Waals surface area contributed by atoms with E-state index in [-0.39, 0.29) is 23.1 Å². The average molecular weight is 460 g/mol. The maximum absolute atomic E-state index is 12.7. The number of sulfonamides is 1. The van der Waals surface area contributed by atoms with Crippen LogP contribution in [0.15, 0.2) is 76.1 Å². The first-order valence-corrected chi connectivity index (χ1v) is 11.1. The normalized spacial score (nSPS) is 12.8. The number of aromatic hydroxyl groups is 1. The number of halogens is 1. The number of hydrogen-bond donors (Lipinski definition) is 2. The molecule has 6 heteroatoms. The van der Waals surface area contributed by atoms with E-state index in [0.29, 0.717) is 5.56 Å². The predicted octanol–water partition coefficient (Wildman–Crippen LogP) is 5.25. The van der Waals surface area contributed by atoms with Gasteiger partial charge in [0.05, 0.1) is 4.90 Å². The van der Waals surface area contributed by atoms with Crippen LogP contribution >= 0.6 is 15.9 Å². The Morgan fingerprint density at radius 2 is 1.82 bits per heavy atom. The molecule has 1 atom stereocenters. The molecule has 0 aromatic heterocycles. The molecule has 146 valence electrons. The number of rotatable bonds is 6. The van der Waals surface area contributed by atoms with Crippen LogP contribution in [0.2, 0.25) is 0 Å². The highest BCUT2D eigenvalue weighted by molar-refractivity contribution is 9.10. The molecule has 0 amide bonds. The fraction of sp³-hybridized carbons (Fsp3) is 0.182. The first-order valence-electron chi connectivity index (χ1n) is 8.82. The summed E-state index contributed by atoms with van der Waals surface area (Å²) >= 11 is 3.46. The molecule has 0 saturated heterocycles. The lowest BCUT2D eigenvalue weighted by Crippen LogP contribution is -2.29. The molecule has 0 spiro atoms. The summed E-state index contributed by atoms with van der Waals surface area (Å²) in [6, 6.07) is 15.9. The number of nitrogens with one attached hydrogen (secondary N) is 1. The number of fused-ring (bicyclic) bond motifs is 1. The fourth-order valence-corrected chi connectivity index (χ4v) is 4.62. The first kappa shape index (κ1) is 20.6. The summed E-state index contributed by atoms with van der Waals surface area (Å²) in [4.78, 5) is 0.213. The molecule has 0 aliphatic heterocycles. The summed E-state index contributed by atoms with van der Waals surface area (Å²) in [5, 5.41) is 12.4. The summed E-state index contributed by atoms with van der Waals surface area (Å²) in [5.74, 6) is -0.248. The summed E-state index contributed by atoms with van der Waals surface area (Å²) < 4.78 is 29.0. The molecule has 0 fully saturated rings. The van der Waals surface area contributed by atoms with Crippen LogP contribution in [0.25, 0.3) is 10.8 Å². The topological polar surface area (TPSA) is 66.4 Å². The molecule has 4 nitrogen and oxygen atoms in total. The highest BCUT2D eigenvalue weighted by Crippen LogP contribution is 2.37. The van der Waals surface area contributed by atoms with Crippen LogP contribution in [0.1, 0.15) is 24.0 Å². The second-order valence-corrected chi connectivity index (χ2v) is 9.61.